The largest absolute Gasteiger partial charge is 0.496 e. The number of methoxy groups -OCH3 is 2. The molecular weight excluding hydrogens is 324 g/mol. The van der Waals surface area contributed by atoms with Gasteiger partial charge in [-0.3, -0.25) is 0 Å². The smallest absolute Gasteiger partial charge is 0.407 e. The van der Waals surface area contributed by atoms with E-state index in [2.05, 4.69) is 10.2 Å². The van der Waals surface area contributed by atoms with E-state index in [0.29, 0.717) is 17.9 Å². The van der Waals surface area contributed by atoms with E-state index in [-0.39, 0.29) is 6.04 Å². The maximum atomic E-state index is 11.9. The lowest BCUT2D eigenvalue weighted by Gasteiger charge is -2.23. The summed E-state index contributed by atoms with van der Waals surface area (Å²) < 4.78 is 15.3. The van der Waals surface area contributed by atoms with Gasteiger partial charge in [0.1, 0.15) is 16.9 Å². The molecule has 1 aliphatic rings. The van der Waals surface area contributed by atoms with E-state index in [1.165, 1.54) is 14.2 Å². The zero-order chi connectivity index (χ0) is 18.6. The molecule has 0 spiro atoms. The molecule has 1 heterocycles. The fourth-order valence-corrected chi connectivity index (χ4v) is 2.75. The van der Waals surface area contributed by atoms with E-state index < -0.39 is 17.7 Å². The van der Waals surface area contributed by atoms with Crippen LogP contribution in [0.4, 0.5) is 10.5 Å². The van der Waals surface area contributed by atoms with Crippen molar-refractivity contribution in [2.24, 2.45) is 0 Å². The van der Waals surface area contributed by atoms with Crippen LogP contribution in [0.1, 0.15) is 37.6 Å². The number of hydrogen-bond donors (Lipinski definition) is 1. The van der Waals surface area contributed by atoms with E-state index in [1.807, 2.05) is 26.8 Å². The minimum atomic E-state index is -0.520. The molecule has 1 fully saturated rings. The van der Waals surface area contributed by atoms with Crippen LogP contribution in [-0.4, -0.2) is 51.0 Å². The molecular formula is C18H26N2O5. The lowest BCUT2D eigenvalue weighted by Crippen LogP contribution is -2.40. The number of anilines is 1. The number of esters is 1. The molecule has 1 N–H and O–H groups in total. The molecule has 1 aromatic carbocycles. The van der Waals surface area contributed by atoms with Gasteiger partial charge in [0.05, 0.1) is 20.3 Å². The van der Waals surface area contributed by atoms with Crippen LogP contribution in [0.25, 0.3) is 0 Å². The van der Waals surface area contributed by atoms with Crippen molar-refractivity contribution in [2.45, 2.75) is 38.8 Å². The van der Waals surface area contributed by atoms with Gasteiger partial charge in [-0.05, 0) is 45.4 Å². The zero-order valence-corrected chi connectivity index (χ0v) is 15.4. The summed E-state index contributed by atoms with van der Waals surface area (Å²) >= 11 is 0. The molecule has 0 aliphatic carbocycles. The number of nitrogens with one attached hydrogen (secondary N) is 1. The average molecular weight is 350 g/mol. The van der Waals surface area contributed by atoms with Crippen LogP contribution in [0.15, 0.2) is 18.2 Å². The molecule has 0 bridgehead atoms. The van der Waals surface area contributed by atoms with E-state index in [1.54, 1.807) is 12.1 Å². The van der Waals surface area contributed by atoms with Crippen molar-refractivity contribution in [1.29, 1.82) is 0 Å². The second-order valence-electron chi connectivity index (χ2n) is 6.95. The predicted molar refractivity (Wildman–Crippen MR) is 94.3 cm³/mol. The summed E-state index contributed by atoms with van der Waals surface area (Å²) in [5, 5.41) is 2.89. The highest BCUT2D eigenvalue weighted by Gasteiger charge is 2.27. The molecule has 1 atom stereocenters. The van der Waals surface area contributed by atoms with Crippen LogP contribution in [-0.2, 0) is 9.47 Å². The number of benzene rings is 1. The van der Waals surface area contributed by atoms with Crippen molar-refractivity contribution >= 4 is 17.7 Å². The van der Waals surface area contributed by atoms with Gasteiger partial charge in [0.15, 0.2) is 0 Å². The minimum Gasteiger partial charge on any atom is -0.496 e. The first-order chi connectivity index (χ1) is 11.7. The Morgan fingerprint density at radius 3 is 2.56 bits per heavy atom. The first kappa shape index (κ1) is 18.9. The Morgan fingerprint density at radius 2 is 1.96 bits per heavy atom. The standard InChI is InChI=1S/C18H26N2O5/c1-18(2,3)25-17(22)19-12-8-9-20(11-12)13-6-7-15(23-4)14(10-13)16(21)24-5/h6-7,10,12H,8-9,11H2,1-5H3,(H,19,22)/t12-/m0/s1. The molecule has 7 nitrogen and oxygen atoms in total. The summed E-state index contributed by atoms with van der Waals surface area (Å²) in [6.45, 7) is 6.91. The molecule has 0 aromatic heterocycles. The third-order valence-electron chi connectivity index (χ3n) is 3.86. The van der Waals surface area contributed by atoms with Crippen molar-refractivity contribution in [3.63, 3.8) is 0 Å². The average Bonchev–Trinajstić information content (AvgIpc) is 2.99. The van der Waals surface area contributed by atoms with Gasteiger partial charge >= 0.3 is 12.1 Å². The van der Waals surface area contributed by atoms with E-state index in [0.717, 1.165) is 18.7 Å². The lowest BCUT2D eigenvalue weighted by atomic mass is 10.1. The molecule has 138 valence electrons. The topological polar surface area (TPSA) is 77.1 Å². The number of hydrogen-bond acceptors (Lipinski definition) is 6. The van der Waals surface area contributed by atoms with Gasteiger partial charge in [-0.15, -0.1) is 0 Å². The normalized spacial score (nSPS) is 17.2. The highest BCUT2D eigenvalue weighted by atomic mass is 16.6. The van der Waals surface area contributed by atoms with Crippen LogP contribution in [0.3, 0.4) is 0 Å². The molecule has 2 rings (SSSR count). The second kappa shape index (κ2) is 7.63. The Bertz CT molecular complexity index is 639. The minimum absolute atomic E-state index is 0.00136. The SMILES string of the molecule is COC(=O)c1cc(N2CC[C@H](NC(=O)OC(C)(C)C)C2)ccc1OC. The summed E-state index contributed by atoms with van der Waals surface area (Å²) in [6.07, 6.45) is 0.392. The fraction of sp³-hybridized carbons (Fsp3) is 0.556. The number of alkyl carbamates (subject to hydrolysis) is 1. The molecule has 1 aliphatic heterocycles. The van der Waals surface area contributed by atoms with Crippen molar-refractivity contribution in [1.82, 2.24) is 5.32 Å². The highest BCUT2D eigenvalue weighted by molar-refractivity contribution is 5.93. The van der Waals surface area contributed by atoms with Gasteiger partial charge in [0.2, 0.25) is 0 Å². The Hall–Kier alpha value is -2.44. The molecule has 0 unspecified atom stereocenters. The fourth-order valence-electron chi connectivity index (χ4n) is 2.75. The maximum absolute atomic E-state index is 11.9. The summed E-state index contributed by atoms with van der Waals surface area (Å²) in [6, 6.07) is 5.39. The van der Waals surface area contributed by atoms with Crippen LogP contribution in [0.5, 0.6) is 5.75 Å². The highest BCUT2D eigenvalue weighted by Crippen LogP contribution is 2.28. The molecule has 1 amide bonds. The van der Waals surface area contributed by atoms with Gasteiger partial charge in [-0.25, -0.2) is 9.59 Å². The van der Waals surface area contributed by atoms with Gasteiger partial charge in [0.25, 0.3) is 0 Å². The van der Waals surface area contributed by atoms with Crippen molar-refractivity contribution < 1.29 is 23.8 Å². The first-order valence-electron chi connectivity index (χ1n) is 8.24. The number of carbonyl (C=O) groups is 2. The number of amides is 1. The number of rotatable bonds is 4. The molecule has 0 radical (unpaired) electrons. The summed E-state index contributed by atoms with van der Waals surface area (Å²) in [5.74, 6) is 0.0274. The van der Waals surface area contributed by atoms with Crippen LogP contribution >= 0.6 is 0 Å². The van der Waals surface area contributed by atoms with Gasteiger partial charge < -0.3 is 24.4 Å². The quantitative estimate of drug-likeness (QED) is 0.841. The van der Waals surface area contributed by atoms with E-state index in [9.17, 15) is 9.59 Å². The van der Waals surface area contributed by atoms with Crippen LogP contribution < -0.4 is 15.0 Å². The predicted octanol–water partition coefficient (Wildman–Crippen LogP) is 2.59. The van der Waals surface area contributed by atoms with Gasteiger partial charge in [-0.1, -0.05) is 0 Å². The van der Waals surface area contributed by atoms with Crippen molar-refractivity contribution in [2.75, 3.05) is 32.2 Å². The molecule has 25 heavy (non-hydrogen) atoms. The van der Waals surface area contributed by atoms with Crippen LogP contribution in [0, 0.1) is 0 Å². The van der Waals surface area contributed by atoms with Gasteiger partial charge in [-0.2, -0.15) is 0 Å². The zero-order valence-electron chi connectivity index (χ0n) is 15.4. The van der Waals surface area contributed by atoms with Crippen molar-refractivity contribution in [3.05, 3.63) is 23.8 Å². The Morgan fingerprint density at radius 1 is 1.24 bits per heavy atom. The molecule has 7 heteroatoms. The Labute approximate surface area is 148 Å². The first-order valence-corrected chi connectivity index (χ1v) is 8.24. The third kappa shape index (κ3) is 5.01. The Kier molecular flexibility index (Phi) is 5.77. The van der Waals surface area contributed by atoms with E-state index in [4.69, 9.17) is 14.2 Å². The van der Waals surface area contributed by atoms with Crippen molar-refractivity contribution in [3.8, 4) is 5.75 Å². The monoisotopic (exact) mass is 350 g/mol. The Balaban J connectivity index is 2.04. The second-order valence-corrected chi connectivity index (χ2v) is 6.95. The molecule has 1 aromatic rings. The summed E-state index contributed by atoms with van der Waals surface area (Å²) in [7, 11) is 2.85. The van der Waals surface area contributed by atoms with Gasteiger partial charge in [0, 0.05) is 18.8 Å². The number of nitrogens with zero attached hydrogens (tertiary/aromatic N) is 1. The molecule has 1 saturated heterocycles. The lowest BCUT2D eigenvalue weighted by molar-refractivity contribution is 0.0508. The van der Waals surface area contributed by atoms with E-state index >= 15 is 0 Å². The number of carbonyl (C=O) groups excluding carboxylic acids is 2. The maximum Gasteiger partial charge on any atom is 0.407 e. The molecule has 0 saturated carbocycles. The third-order valence-corrected chi connectivity index (χ3v) is 3.86. The summed E-state index contributed by atoms with van der Waals surface area (Å²) in [5.41, 5.74) is 0.745. The number of ether oxygens (including phenoxy) is 3. The summed E-state index contributed by atoms with van der Waals surface area (Å²) in [4.78, 5) is 25.9. The van der Waals surface area contributed by atoms with Crippen LogP contribution in [0.2, 0.25) is 0 Å².